The highest BCUT2D eigenvalue weighted by Gasteiger charge is 2.26. The van der Waals surface area contributed by atoms with Gasteiger partial charge in [-0.3, -0.25) is 9.59 Å². The lowest BCUT2D eigenvalue weighted by Crippen LogP contribution is -2.22. The molecule has 8 heteroatoms. The number of carbonyl (C=O) groups is 2. The maximum Gasteiger partial charge on any atom is 0.150 e. The fourth-order valence-corrected chi connectivity index (χ4v) is 13.9. The molecule has 0 spiro atoms. The summed E-state index contributed by atoms with van der Waals surface area (Å²) < 4.78 is 13.5. The average molecular weight is 1170 g/mol. The fraction of sp³-hybridized carbons (Fsp3) is 0.526. The molecule has 5 aromatic carbocycles. The maximum atomic E-state index is 12.0. The van der Waals surface area contributed by atoms with Gasteiger partial charge in [-0.1, -0.05) is 255 Å². The van der Waals surface area contributed by atoms with Crippen LogP contribution < -0.4 is 19.3 Å². The first-order valence-electron chi connectivity index (χ1n) is 33.3. The molecular weight excluding hydrogens is 1070 g/mol. The second kappa shape index (κ2) is 38.5. The molecule has 0 radical (unpaired) electrons. The van der Waals surface area contributed by atoms with Crippen LogP contribution in [0.1, 0.15) is 276 Å². The summed E-state index contributed by atoms with van der Waals surface area (Å²) in [6.07, 6.45) is 42.0. The Morgan fingerprint density at radius 1 is 0.345 bits per heavy atom. The lowest BCUT2D eigenvalue weighted by atomic mass is 10.1. The monoisotopic (exact) mass is 1170 g/mol. The van der Waals surface area contributed by atoms with E-state index in [1.54, 1.807) is 23.5 Å². The summed E-state index contributed by atoms with van der Waals surface area (Å²) >= 11 is 3.46. The van der Waals surface area contributed by atoms with Gasteiger partial charge >= 0.3 is 0 Å². The Morgan fingerprint density at radius 2 is 0.643 bits per heavy atom. The number of hydrogen-bond donors (Lipinski definition) is 0. The number of fused-ring (bicyclic) bond motifs is 4. The molecular formula is C76H100N2O4S2. The molecule has 6 nitrogen and oxygen atoms in total. The zero-order valence-corrected chi connectivity index (χ0v) is 53.7. The van der Waals surface area contributed by atoms with E-state index in [1.165, 1.54) is 190 Å². The predicted molar refractivity (Wildman–Crippen MR) is 359 cm³/mol. The van der Waals surface area contributed by atoms with Crippen LogP contribution in [-0.2, 0) is 0 Å². The first kappa shape index (κ1) is 66.0. The minimum absolute atomic E-state index is 0.600. The number of aldehydes is 2. The van der Waals surface area contributed by atoms with Crippen molar-refractivity contribution in [2.24, 2.45) is 0 Å². The molecule has 0 atom stereocenters. The van der Waals surface area contributed by atoms with Crippen LogP contribution in [0.4, 0.5) is 22.7 Å². The summed E-state index contributed by atoms with van der Waals surface area (Å²) in [5, 5.41) is 0. The SMILES string of the molecule is CCCCCCCCCCCCN1c2ccc(C#Cc3cc(OCCCCCCCC)c(C#Cc4ccc5c(c4)Sc4cc(C=O)ccc4N5CCCCCCCCCCCC)cc3OCCCCCCCC)cc2Sc2cc(C=O)ccc21. The Bertz CT molecular complexity index is 2730. The van der Waals surface area contributed by atoms with Crippen LogP contribution in [0.25, 0.3) is 0 Å². The van der Waals surface area contributed by atoms with Crippen molar-refractivity contribution < 1.29 is 19.1 Å². The standard InChI is InChI=1S/C76H100N2O4S2/c1-5-9-13-17-21-23-25-27-29-33-49-77-67-45-39-61(53-73(67)83-75-55-63(59-79)41-47-69(75)77)37-43-65-57-72(82-52-36-32-20-16-12-8-4)66(58-71(65)81-51-35-31-19-15-11-7-3)44-38-62-40-46-68-74(54-62)84-76-56-64(60-80)42-48-70(76)78(68)50-34-30-28-26-24-22-18-14-10-6-2/h39-42,45-48,53-60H,5-36,49-52H2,1-4H3. The van der Waals surface area contributed by atoms with Crippen LogP contribution in [0.15, 0.2) is 105 Å². The molecule has 84 heavy (non-hydrogen) atoms. The zero-order chi connectivity index (χ0) is 58.8. The van der Waals surface area contributed by atoms with Gasteiger partial charge in [0, 0.05) is 67.1 Å². The molecule has 5 aromatic rings. The van der Waals surface area contributed by atoms with Gasteiger partial charge in [0.2, 0.25) is 0 Å². The topological polar surface area (TPSA) is 59.1 Å². The van der Waals surface area contributed by atoms with E-state index >= 15 is 0 Å². The van der Waals surface area contributed by atoms with Crippen LogP contribution in [0.3, 0.4) is 0 Å². The molecule has 2 aliphatic heterocycles. The predicted octanol–water partition coefficient (Wildman–Crippen LogP) is 22.6. The van der Waals surface area contributed by atoms with E-state index < -0.39 is 0 Å². The minimum Gasteiger partial charge on any atom is -0.492 e. The highest BCUT2D eigenvalue weighted by atomic mass is 32.2. The smallest absolute Gasteiger partial charge is 0.150 e. The number of carbonyl (C=O) groups excluding carboxylic acids is 2. The average Bonchev–Trinajstić information content (AvgIpc) is 1.54. The quantitative estimate of drug-likeness (QED) is 0.0218. The molecule has 0 bridgehead atoms. The van der Waals surface area contributed by atoms with E-state index in [2.05, 4.69) is 122 Å². The summed E-state index contributed by atoms with van der Waals surface area (Å²) in [6.45, 7) is 12.1. The molecule has 0 amide bonds. The van der Waals surface area contributed by atoms with Crippen molar-refractivity contribution in [3.63, 3.8) is 0 Å². The van der Waals surface area contributed by atoms with Gasteiger partial charge in [-0.25, -0.2) is 0 Å². The van der Waals surface area contributed by atoms with Gasteiger partial charge < -0.3 is 19.3 Å². The van der Waals surface area contributed by atoms with E-state index in [0.717, 1.165) is 118 Å². The van der Waals surface area contributed by atoms with Crippen molar-refractivity contribution in [2.45, 2.75) is 253 Å². The van der Waals surface area contributed by atoms with E-state index in [9.17, 15) is 9.59 Å². The molecule has 7 rings (SSSR count). The Morgan fingerprint density at radius 3 is 0.976 bits per heavy atom. The second-order valence-electron chi connectivity index (χ2n) is 23.5. The highest BCUT2D eigenvalue weighted by Crippen LogP contribution is 2.50. The molecule has 0 aliphatic carbocycles. The Balaban J connectivity index is 1.15. The van der Waals surface area contributed by atoms with Crippen molar-refractivity contribution in [1.29, 1.82) is 0 Å². The Labute approximate surface area is 517 Å². The summed E-state index contributed by atoms with van der Waals surface area (Å²) in [7, 11) is 0. The van der Waals surface area contributed by atoms with Crippen molar-refractivity contribution in [3.8, 4) is 35.2 Å². The van der Waals surface area contributed by atoms with Crippen molar-refractivity contribution in [1.82, 2.24) is 0 Å². The van der Waals surface area contributed by atoms with Gasteiger partial charge in [0.1, 0.15) is 24.1 Å². The van der Waals surface area contributed by atoms with E-state index in [4.69, 9.17) is 9.47 Å². The number of benzene rings is 5. The first-order valence-corrected chi connectivity index (χ1v) is 34.9. The van der Waals surface area contributed by atoms with Gasteiger partial charge in [0.15, 0.2) is 0 Å². The fourth-order valence-electron chi connectivity index (χ4n) is 11.5. The zero-order valence-electron chi connectivity index (χ0n) is 52.0. The summed E-state index contributed by atoms with van der Waals surface area (Å²) in [6, 6.07) is 29.6. The number of ether oxygens (including phenoxy) is 2. The van der Waals surface area contributed by atoms with Gasteiger partial charge in [-0.2, -0.15) is 0 Å². The number of rotatable bonds is 40. The molecule has 2 heterocycles. The minimum atomic E-state index is 0.600. The third-order valence-electron chi connectivity index (χ3n) is 16.5. The van der Waals surface area contributed by atoms with Crippen LogP contribution in [0.5, 0.6) is 11.5 Å². The normalized spacial score (nSPS) is 12.1. The molecule has 450 valence electrons. The van der Waals surface area contributed by atoms with Gasteiger partial charge in [0.05, 0.1) is 47.1 Å². The third-order valence-corrected chi connectivity index (χ3v) is 18.7. The summed E-state index contributed by atoms with van der Waals surface area (Å²) in [5.74, 6) is 15.8. The van der Waals surface area contributed by atoms with Crippen molar-refractivity contribution in [2.75, 3.05) is 36.1 Å². The summed E-state index contributed by atoms with van der Waals surface area (Å²) in [4.78, 5) is 33.4. The van der Waals surface area contributed by atoms with Crippen molar-refractivity contribution in [3.05, 3.63) is 118 Å². The van der Waals surface area contributed by atoms with E-state index in [-0.39, 0.29) is 0 Å². The molecule has 0 fully saturated rings. The van der Waals surface area contributed by atoms with Crippen LogP contribution in [0, 0.1) is 23.7 Å². The van der Waals surface area contributed by atoms with Gasteiger partial charge in [-0.05, 0) is 98.5 Å². The van der Waals surface area contributed by atoms with Gasteiger partial charge in [-0.15, -0.1) is 0 Å². The second-order valence-corrected chi connectivity index (χ2v) is 25.7. The van der Waals surface area contributed by atoms with E-state index in [0.29, 0.717) is 24.3 Å². The Hall–Kier alpha value is -5.54. The van der Waals surface area contributed by atoms with Crippen LogP contribution in [0.2, 0.25) is 0 Å². The lowest BCUT2D eigenvalue weighted by molar-refractivity contribution is 0.111. The number of hydrogen-bond acceptors (Lipinski definition) is 8. The Kier molecular flexibility index (Phi) is 30.2. The molecule has 0 saturated heterocycles. The van der Waals surface area contributed by atoms with Crippen LogP contribution in [-0.4, -0.2) is 38.9 Å². The number of nitrogens with zero attached hydrogens (tertiary/aromatic N) is 2. The third kappa shape index (κ3) is 21.5. The number of unbranched alkanes of at least 4 members (excludes halogenated alkanes) is 28. The molecule has 0 unspecified atom stereocenters. The molecule has 0 saturated carbocycles. The molecule has 0 aromatic heterocycles. The largest absolute Gasteiger partial charge is 0.492 e. The first-order chi connectivity index (χ1) is 41.5. The van der Waals surface area contributed by atoms with E-state index in [1.807, 2.05) is 24.3 Å². The maximum absolute atomic E-state index is 12.0. The highest BCUT2D eigenvalue weighted by molar-refractivity contribution is 8.00. The molecule has 2 aliphatic rings. The lowest BCUT2D eigenvalue weighted by Gasteiger charge is -2.33. The van der Waals surface area contributed by atoms with Crippen LogP contribution >= 0.6 is 23.5 Å². The van der Waals surface area contributed by atoms with Gasteiger partial charge in [0.25, 0.3) is 0 Å². The summed E-state index contributed by atoms with van der Waals surface area (Å²) in [5.41, 5.74) is 9.55. The van der Waals surface area contributed by atoms with Crippen molar-refractivity contribution >= 4 is 58.8 Å². The number of anilines is 4. The molecule has 0 N–H and O–H groups in total.